The Morgan fingerprint density at radius 2 is 2.00 bits per heavy atom. The summed E-state index contributed by atoms with van der Waals surface area (Å²) in [5.74, 6) is 0.795. The van der Waals surface area contributed by atoms with E-state index in [9.17, 15) is 0 Å². The zero-order valence-electron chi connectivity index (χ0n) is 13.1. The van der Waals surface area contributed by atoms with Crippen molar-refractivity contribution in [3.8, 4) is 5.82 Å². The molecule has 0 unspecified atom stereocenters. The van der Waals surface area contributed by atoms with Crippen molar-refractivity contribution in [2.75, 3.05) is 6.54 Å². The van der Waals surface area contributed by atoms with Gasteiger partial charge in [-0.15, -0.1) is 5.10 Å². The van der Waals surface area contributed by atoms with Gasteiger partial charge in [-0.05, 0) is 70.7 Å². The first-order valence-corrected chi connectivity index (χ1v) is 7.74. The number of aryl methyl sites for hydroxylation is 2. The van der Waals surface area contributed by atoms with Gasteiger partial charge in [0.05, 0.1) is 11.4 Å². The van der Waals surface area contributed by atoms with Crippen molar-refractivity contribution in [1.82, 2.24) is 25.3 Å². The molecule has 0 aromatic carbocycles. The number of hydrogen-bond acceptors (Lipinski definition) is 4. The van der Waals surface area contributed by atoms with Crippen LogP contribution in [0, 0.1) is 20.8 Å². The van der Waals surface area contributed by atoms with Gasteiger partial charge in [0.2, 0.25) is 0 Å². The third-order valence-electron chi connectivity index (χ3n) is 4.06. The van der Waals surface area contributed by atoms with Gasteiger partial charge in [-0.1, -0.05) is 0 Å². The van der Waals surface area contributed by atoms with E-state index in [0.717, 1.165) is 42.6 Å². The summed E-state index contributed by atoms with van der Waals surface area (Å²) in [6, 6.07) is 4.73. The Balaban J connectivity index is 1.70. The smallest absolute Gasteiger partial charge is 0.175 e. The molecule has 0 bridgehead atoms. The molecule has 0 amide bonds. The fourth-order valence-electron chi connectivity index (χ4n) is 2.62. The van der Waals surface area contributed by atoms with Gasteiger partial charge in [0.25, 0.3) is 0 Å². The van der Waals surface area contributed by atoms with Crippen LogP contribution in [0.15, 0.2) is 12.1 Å². The second kappa shape index (κ2) is 5.93. The van der Waals surface area contributed by atoms with Gasteiger partial charge in [-0.2, -0.15) is 10.2 Å². The average molecular weight is 285 g/mol. The molecule has 1 saturated carbocycles. The summed E-state index contributed by atoms with van der Waals surface area (Å²) in [6.07, 6.45) is 4.92. The van der Waals surface area contributed by atoms with Crippen molar-refractivity contribution < 1.29 is 0 Å². The van der Waals surface area contributed by atoms with Crippen LogP contribution >= 0.6 is 0 Å². The van der Waals surface area contributed by atoms with E-state index in [-0.39, 0.29) is 0 Å². The lowest BCUT2D eigenvalue weighted by atomic mass is 10.1. The SMILES string of the molecule is Cc1ccc(-n2nc(C)c(CCCNC3CC3)c2C)nn1. The highest BCUT2D eigenvalue weighted by Gasteiger charge is 2.20. The minimum absolute atomic E-state index is 0.790. The number of nitrogens with zero attached hydrogens (tertiary/aromatic N) is 4. The predicted octanol–water partition coefficient (Wildman–Crippen LogP) is 2.27. The topological polar surface area (TPSA) is 55.6 Å². The Hall–Kier alpha value is -1.75. The van der Waals surface area contributed by atoms with E-state index < -0.39 is 0 Å². The van der Waals surface area contributed by atoms with E-state index in [1.807, 2.05) is 23.7 Å². The lowest BCUT2D eigenvalue weighted by Crippen LogP contribution is -2.18. The predicted molar refractivity (Wildman–Crippen MR) is 82.7 cm³/mol. The molecule has 1 aliphatic carbocycles. The quantitative estimate of drug-likeness (QED) is 0.827. The Morgan fingerprint density at radius 1 is 1.19 bits per heavy atom. The number of rotatable bonds is 6. The minimum atomic E-state index is 0.790. The van der Waals surface area contributed by atoms with E-state index in [1.165, 1.54) is 24.1 Å². The molecule has 2 aromatic rings. The maximum atomic E-state index is 4.63. The molecule has 3 rings (SSSR count). The van der Waals surface area contributed by atoms with Crippen LogP contribution in [0.2, 0.25) is 0 Å². The van der Waals surface area contributed by atoms with E-state index in [1.54, 1.807) is 0 Å². The van der Waals surface area contributed by atoms with Crippen molar-refractivity contribution in [3.63, 3.8) is 0 Å². The van der Waals surface area contributed by atoms with Crippen LogP contribution < -0.4 is 5.32 Å². The fraction of sp³-hybridized carbons (Fsp3) is 0.562. The van der Waals surface area contributed by atoms with Crippen LogP contribution in [0.4, 0.5) is 0 Å². The van der Waals surface area contributed by atoms with Gasteiger partial charge in [-0.3, -0.25) is 0 Å². The normalized spacial score (nSPS) is 14.6. The monoisotopic (exact) mass is 285 g/mol. The van der Waals surface area contributed by atoms with Crippen molar-refractivity contribution in [2.24, 2.45) is 0 Å². The first-order chi connectivity index (χ1) is 10.1. The molecule has 2 heterocycles. The molecule has 1 N–H and O–H groups in total. The summed E-state index contributed by atoms with van der Waals surface area (Å²) in [4.78, 5) is 0. The van der Waals surface area contributed by atoms with Crippen LogP contribution in [0.3, 0.4) is 0 Å². The van der Waals surface area contributed by atoms with E-state index >= 15 is 0 Å². The summed E-state index contributed by atoms with van der Waals surface area (Å²) in [7, 11) is 0. The highest BCUT2D eigenvalue weighted by molar-refractivity contribution is 5.32. The third kappa shape index (κ3) is 3.29. The molecule has 5 heteroatoms. The number of nitrogens with one attached hydrogen (secondary N) is 1. The standard InChI is InChI=1S/C16H23N5/c1-11-6-9-16(19-18-11)21-13(3)15(12(2)20-21)5-4-10-17-14-7-8-14/h6,9,14,17H,4-5,7-8,10H2,1-3H3. The Bertz CT molecular complexity index is 610. The molecule has 0 radical (unpaired) electrons. The fourth-order valence-corrected chi connectivity index (χ4v) is 2.62. The maximum Gasteiger partial charge on any atom is 0.175 e. The van der Waals surface area contributed by atoms with Gasteiger partial charge in [-0.25, -0.2) is 4.68 Å². The second-order valence-corrected chi connectivity index (χ2v) is 5.93. The largest absolute Gasteiger partial charge is 0.314 e. The molecular formula is C16H23N5. The Morgan fingerprint density at radius 3 is 2.67 bits per heavy atom. The summed E-state index contributed by atoms with van der Waals surface area (Å²) in [6.45, 7) is 7.23. The lowest BCUT2D eigenvalue weighted by molar-refractivity contribution is 0.644. The van der Waals surface area contributed by atoms with Crippen LogP contribution in [0.25, 0.3) is 5.82 Å². The molecule has 1 fully saturated rings. The molecule has 0 atom stereocenters. The zero-order valence-corrected chi connectivity index (χ0v) is 13.1. The second-order valence-electron chi connectivity index (χ2n) is 5.93. The van der Waals surface area contributed by atoms with E-state index in [0.29, 0.717) is 0 Å². The Kier molecular flexibility index (Phi) is 4.01. The van der Waals surface area contributed by atoms with Gasteiger partial charge in [0.15, 0.2) is 5.82 Å². The van der Waals surface area contributed by atoms with Crippen molar-refractivity contribution in [3.05, 3.63) is 34.8 Å². The average Bonchev–Trinajstić information content (AvgIpc) is 3.25. The van der Waals surface area contributed by atoms with Gasteiger partial charge >= 0.3 is 0 Å². The highest BCUT2D eigenvalue weighted by Crippen LogP contribution is 2.20. The first-order valence-electron chi connectivity index (χ1n) is 7.74. The van der Waals surface area contributed by atoms with Crippen LogP contribution in [0.5, 0.6) is 0 Å². The van der Waals surface area contributed by atoms with Crippen molar-refractivity contribution >= 4 is 0 Å². The number of aromatic nitrogens is 4. The zero-order chi connectivity index (χ0) is 14.8. The van der Waals surface area contributed by atoms with Crippen LogP contribution in [0.1, 0.15) is 41.9 Å². The van der Waals surface area contributed by atoms with E-state index in [4.69, 9.17) is 0 Å². The lowest BCUT2D eigenvalue weighted by Gasteiger charge is -2.05. The molecule has 2 aromatic heterocycles. The van der Waals surface area contributed by atoms with E-state index in [2.05, 4.69) is 34.5 Å². The maximum absolute atomic E-state index is 4.63. The molecule has 0 spiro atoms. The van der Waals surface area contributed by atoms with Gasteiger partial charge in [0.1, 0.15) is 0 Å². The van der Waals surface area contributed by atoms with Gasteiger partial charge in [0, 0.05) is 11.7 Å². The third-order valence-corrected chi connectivity index (χ3v) is 4.06. The minimum Gasteiger partial charge on any atom is -0.314 e. The molecule has 0 aliphatic heterocycles. The van der Waals surface area contributed by atoms with Crippen molar-refractivity contribution in [2.45, 2.75) is 52.5 Å². The summed E-state index contributed by atoms with van der Waals surface area (Å²) >= 11 is 0. The van der Waals surface area contributed by atoms with Crippen LogP contribution in [-0.4, -0.2) is 32.6 Å². The molecule has 0 saturated heterocycles. The molecule has 21 heavy (non-hydrogen) atoms. The van der Waals surface area contributed by atoms with Crippen molar-refractivity contribution in [1.29, 1.82) is 0 Å². The summed E-state index contributed by atoms with van der Waals surface area (Å²) in [5, 5.41) is 16.5. The molecular weight excluding hydrogens is 262 g/mol. The number of hydrogen-bond donors (Lipinski definition) is 1. The van der Waals surface area contributed by atoms with Crippen LogP contribution in [-0.2, 0) is 6.42 Å². The summed E-state index contributed by atoms with van der Waals surface area (Å²) < 4.78 is 1.91. The molecule has 1 aliphatic rings. The first kappa shape index (κ1) is 14.2. The molecule has 5 nitrogen and oxygen atoms in total. The Labute approximate surface area is 125 Å². The highest BCUT2D eigenvalue weighted by atomic mass is 15.3. The van der Waals surface area contributed by atoms with Gasteiger partial charge < -0.3 is 5.32 Å². The molecule has 112 valence electrons. The summed E-state index contributed by atoms with van der Waals surface area (Å²) in [5.41, 5.74) is 4.54.